The largest absolute Gasteiger partial charge is 0.497 e. The van der Waals surface area contributed by atoms with Crippen LogP contribution in [0.1, 0.15) is 70.8 Å². The van der Waals surface area contributed by atoms with Gasteiger partial charge >= 0.3 is 5.97 Å². The number of hydrogen-bond donors (Lipinski definition) is 0. The summed E-state index contributed by atoms with van der Waals surface area (Å²) in [5.74, 6) is 3.39. The predicted molar refractivity (Wildman–Crippen MR) is 178 cm³/mol. The Hall–Kier alpha value is -3.13. The second-order valence-electron chi connectivity index (χ2n) is 14.2. The number of rotatable bonds is 12. The molecule has 2 fully saturated rings. The third kappa shape index (κ3) is 8.23. The monoisotopic (exact) mass is 632 g/mol. The Bertz CT molecular complexity index is 1310. The molecule has 1 saturated heterocycles. The molecule has 2 aliphatic carbocycles. The lowest BCUT2D eigenvalue weighted by molar-refractivity contribution is -0.253. The number of allylic oxidation sites excluding steroid dienone is 2. The number of fused-ring (bicyclic) bond motifs is 1. The van der Waals surface area contributed by atoms with Crippen molar-refractivity contribution in [2.45, 2.75) is 84.6 Å². The van der Waals surface area contributed by atoms with Crippen molar-refractivity contribution in [3.05, 3.63) is 84.5 Å². The molecule has 46 heavy (non-hydrogen) atoms. The summed E-state index contributed by atoms with van der Waals surface area (Å²) in [4.78, 5) is 12.4. The van der Waals surface area contributed by atoms with Crippen molar-refractivity contribution >= 4 is 5.97 Å². The minimum Gasteiger partial charge on any atom is -0.497 e. The van der Waals surface area contributed by atoms with Crippen LogP contribution in [-0.2, 0) is 30.3 Å². The van der Waals surface area contributed by atoms with E-state index < -0.39 is 11.7 Å². The highest BCUT2D eigenvalue weighted by Crippen LogP contribution is 2.50. The molecule has 0 aromatic heterocycles. The van der Waals surface area contributed by atoms with E-state index in [2.05, 4.69) is 43.9 Å². The maximum absolute atomic E-state index is 12.4. The van der Waals surface area contributed by atoms with Crippen molar-refractivity contribution in [2.24, 2.45) is 35.0 Å². The van der Waals surface area contributed by atoms with E-state index >= 15 is 0 Å². The van der Waals surface area contributed by atoms with Gasteiger partial charge in [0.2, 0.25) is 0 Å². The lowest BCUT2D eigenvalue weighted by Crippen LogP contribution is -2.38. The summed E-state index contributed by atoms with van der Waals surface area (Å²) in [7, 11) is 3.34. The fourth-order valence-corrected chi connectivity index (χ4v) is 7.35. The zero-order valence-corrected chi connectivity index (χ0v) is 28.4. The second-order valence-corrected chi connectivity index (χ2v) is 14.2. The van der Waals surface area contributed by atoms with Gasteiger partial charge in [0.15, 0.2) is 6.29 Å². The van der Waals surface area contributed by atoms with Crippen LogP contribution in [0.25, 0.3) is 0 Å². The van der Waals surface area contributed by atoms with Gasteiger partial charge in [0.05, 0.1) is 51.2 Å². The van der Waals surface area contributed by atoms with Crippen LogP contribution in [0.5, 0.6) is 11.5 Å². The molecule has 1 aliphatic heterocycles. The summed E-state index contributed by atoms with van der Waals surface area (Å²) in [6.07, 6.45) is 9.86. The third-order valence-corrected chi connectivity index (χ3v) is 9.89. The highest BCUT2D eigenvalue weighted by Gasteiger charge is 2.47. The first-order valence-corrected chi connectivity index (χ1v) is 16.8. The van der Waals surface area contributed by atoms with Crippen molar-refractivity contribution in [1.82, 2.24) is 0 Å². The fraction of sp³-hybridized carbons (Fsp3) is 0.564. The van der Waals surface area contributed by atoms with E-state index in [1.165, 1.54) is 0 Å². The SMILES string of the molecule is C=C[C@H]1[C@@H]2C[C@@H](C)[C@@H](OCc3ccc(OC)cc3)[C@@H]2C=C[C@H]1C[C@H]1C[C@@H](CCOC(=O)C(C)(C)C)O[C@@H](c2ccc(OC)cc2)O1. The standard InChI is InChI=1S/C39H52O7/c1-8-33-28(13-18-34-35(33)21-25(2)36(34)44-24-26-9-14-29(41-6)15-10-26)22-32-23-31(19-20-43-38(40)39(3,4)5)45-37(46-32)27-11-16-30(42-7)17-12-27/h8-18,25,28,31-37H,1,19-24H2,2-7H3/t25-,28+,31-,32+,33-,34-,35+,36-,37-/m1/s1. The molecule has 250 valence electrons. The average Bonchev–Trinajstić information content (AvgIpc) is 3.37. The average molecular weight is 633 g/mol. The Kier molecular flexibility index (Phi) is 11.3. The molecule has 9 atom stereocenters. The Labute approximate surface area is 275 Å². The highest BCUT2D eigenvalue weighted by molar-refractivity contribution is 5.75. The predicted octanol–water partition coefficient (Wildman–Crippen LogP) is 8.09. The van der Waals surface area contributed by atoms with Crippen molar-refractivity contribution in [3.8, 4) is 11.5 Å². The van der Waals surface area contributed by atoms with Gasteiger partial charge in [-0.3, -0.25) is 4.79 Å². The summed E-state index contributed by atoms with van der Waals surface area (Å²) >= 11 is 0. The minimum absolute atomic E-state index is 0.0150. The number of methoxy groups -OCH3 is 2. The van der Waals surface area contributed by atoms with E-state index in [1.54, 1.807) is 14.2 Å². The van der Waals surface area contributed by atoms with Gasteiger partial charge in [-0.2, -0.15) is 0 Å². The van der Waals surface area contributed by atoms with E-state index in [-0.39, 0.29) is 24.3 Å². The molecule has 1 heterocycles. The smallest absolute Gasteiger partial charge is 0.311 e. The zero-order valence-electron chi connectivity index (χ0n) is 28.4. The molecule has 0 amide bonds. The van der Waals surface area contributed by atoms with Crippen molar-refractivity contribution < 1.29 is 33.2 Å². The van der Waals surface area contributed by atoms with Gasteiger partial charge in [-0.05, 0) is 87.1 Å². The molecule has 0 spiro atoms. The Morgan fingerprint density at radius 2 is 1.59 bits per heavy atom. The van der Waals surface area contributed by atoms with Crippen LogP contribution >= 0.6 is 0 Å². The normalized spacial score (nSPS) is 30.8. The molecular weight excluding hydrogens is 580 g/mol. The Morgan fingerprint density at radius 1 is 0.935 bits per heavy atom. The fourth-order valence-electron chi connectivity index (χ4n) is 7.35. The minimum atomic E-state index is -0.535. The molecular formula is C39H52O7. The second kappa shape index (κ2) is 15.2. The van der Waals surface area contributed by atoms with Crippen LogP contribution in [0.15, 0.2) is 73.3 Å². The van der Waals surface area contributed by atoms with Gasteiger partial charge in [-0.25, -0.2) is 0 Å². The van der Waals surface area contributed by atoms with Gasteiger partial charge in [0, 0.05) is 24.3 Å². The van der Waals surface area contributed by atoms with Crippen LogP contribution in [0, 0.1) is 35.0 Å². The number of ether oxygens (including phenoxy) is 6. The van der Waals surface area contributed by atoms with E-state index in [0.717, 1.165) is 41.9 Å². The van der Waals surface area contributed by atoms with Gasteiger partial charge in [-0.1, -0.05) is 49.4 Å². The molecule has 1 saturated carbocycles. The first-order valence-electron chi connectivity index (χ1n) is 16.8. The highest BCUT2D eigenvalue weighted by atomic mass is 16.7. The molecule has 0 bridgehead atoms. The van der Waals surface area contributed by atoms with Crippen LogP contribution in [0.4, 0.5) is 0 Å². The summed E-state index contributed by atoms with van der Waals surface area (Å²) < 4.78 is 35.9. The maximum atomic E-state index is 12.4. The van der Waals surface area contributed by atoms with Crippen molar-refractivity contribution in [2.75, 3.05) is 20.8 Å². The number of benzene rings is 2. The summed E-state index contributed by atoms with van der Waals surface area (Å²) in [6, 6.07) is 16.0. The van der Waals surface area contributed by atoms with Crippen molar-refractivity contribution in [1.29, 1.82) is 0 Å². The molecule has 7 heteroatoms. The number of carbonyl (C=O) groups is 1. The van der Waals surface area contributed by atoms with Gasteiger partial charge in [0.25, 0.3) is 0 Å². The Balaban J connectivity index is 1.26. The van der Waals surface area contributed by atoms with Crippen LogP contribution in [-0.4, -0.2) is 45.1 Å². The quantitative estimate of drug-likeness (QED) is 0.173. The van der Waals surface area contributed by atoms with E-state index in [9.17, 15) is 4.79 Å². The van der Waals surface area contributed by atoms with E-state index in [0.29, 0.717) is 49.2 Å². The molecule has 7 nitrogen and oxygen atoms in total. The summed E-state index contributed by atoms with van der Waals surface area (Å²) in [6.45, 7) is 13.1. The van der Waals surface area contributed by atoms with Gasteiger partial charge in [0.1, 0.15) is 11.5 Å². The summed E-state index contributed by atoms with van der Waals surface area (Å²) in [5, 5.41) is 0. The van der Waals surface area contributed by atoms with Gasteiger partial charge < -0.3 is 28.4 Å². The van der Waals surface area contributed by atoms with Crippen molar-refractivity contribution in [3.63, 3.8) is 0 Å². The lowest BCUT2D eigenvalue weighted by Gasteiger charge is -2.41. The van der Waals surface area contributed by atoms with Crippen LogP contribution in [0.3, 0.4) is 0 Å². The molecule has 0 radical (unpaired) electrons. The molecule has 5 rings (SSSR count). The lowest BCUT2D eigenvalue weighted by atomic mass is 9.69. The zero-order chi connectivity index (χ0) is 32.8. The van der Waals surface area contributed by atoms with Crippen LogP contribution in [0.2, 0.25) is 0 Å². The third-order valence-electron chi connectivity index (χ3n) is 9.89. The molecule has 3 aliphatic rings. The topological polar surface area (TPSA) is 72.5 Å². The first-order chi connectivity index (χ1) is 22.1. The van der Waals surface area contributed by atoms with Crippen LogP contribution < -0.4 is 9.47 Å². The number of hydrogen-bond acceptors (Lipinski definition) is 7. The molecule has 0 unspecified atom stereocenters. The molecule has 2 aromatic carbocycles. The van der Waals surface area contributed by atoms with Gasteiger partial charge in [-0.15, -0.1) is 6.58 Å². The van der Waals surface area contributed by atoms with E-state index in [1.807, 2.05) is 57.2 Å². The summed E-state index contributed by atoms with van der Waals surface area (Å²) in [5.41, 5.74) is 1.57. The Morgan fingerprint density at radius 3 is 2.22 bits per heavy atom. The molecule has 2 aromatic rings. The molecule has 0 N–H and O–H groups in total. The first kappa shape index (κ1) is 34.2. The number of esters is 1. The number of carbonyl (C=O) groups excluding carboxylic acids is 1. The van der Waals surface area contributed by atoms with E-state index in [4.69, 9.17) is 28.4 Å². The maximum Gasteiger partial charge on any atom is 0.311 e.